The second-order valence-electron chi connectivity index (χ2n) is 16.0. The molecule has 0 spiro atoms. The summed E-state index contributed by atoms with van der Waals surface area (Å²) in [5.41, 5.74) is 12.0. The summed E-state index contributed by atoms with van der Waals surface area (Å²) in [7, 11) is 0. The van der Waals surface area contributed by atoms with Gasteiger partial charge in [0.2, 0.25) is 0 Å². The van der Waals surface area contributed by atoms with Gasteiger partial charge in [0.05, 0.1) is 27.8 Å². The molecular formula is C58H36N2. The molecule has 0 aliphatic carbocycles. The first kappa shape index (κ1) is 33.1. The maximum Gasteiger partial charge on any atom is 0.0547 e. The fourth-order valence-electron chi connectivity index (χ4n) is 10.2. The van der Waals surface area contributed by atoms with E-state index in [2.05, 4.69) is 228 Å². The van der Waals surface area contributed by atoms with E-state index in [4.69, 9.17) is 0 Å². The Balaban J connectivity index is 1.01. The fourth-order valence-corrected chi connectivity index (χ4v) is 10.2. The van der Waals surface area contributed by atoms with E-state index in [1.165, 1.54) is 115 Å². The molecule has 2 aromatic heterocycles. The molecule has 0 aliphatic heterocycles. The van der Waals surface area contributed by atoms with Gasteiger partial charge in [-0.05, 0) is 115 Å². The molecule has 0 radical (unpaired) electrons. The van der Waals surface area contributed by atoms with Gasteiger partial charge in [-0.15, -0.1) is 0 Å². The normalized spacial score (nSPS) is 12.0. The predicted octanol–water partition coefficient (Wildman–Crippen LogP) is 15.8. The molecular weight excluding hydrogens is 725 g/mol. The lowest BCUT2D eigenvalue weighted by Gasteiger charge is -2.17. The third-order valence-electron chi connectivity index (χ3n) is 12.9. The predicted molar refractivity (Wildman–Crippen MR) is 256 cm³/mol. The first-order valence-electron chi connectivity index (χ1n) is 20.8. The summed E-state index contributed by atoms with van der Waals surface area (Å²) in [5.74, 6) is 0. The summed E-state index contributed by atoms with van der Waals surface area (Å²) in [6.45, 7) is 0. The summed E-state index contributed by atoms with van der Waals surface area (Å²) >= 11 is 0. The van der Waals surface area contributed by atoms with Crippen molar-refractivity contribution in [1.29, 1.82) is 0 Å². The summed E-state index contributed by atoms with van der Waals surface area (Å²) in [6.07, 6.45) is 0. The van der Waals surface area contributed by atoms with Gasteiger partial charge in [-0.3, -0.25) is 0 Å². The lowest BCUT2D eigenvalue weighted by Crippen LogP contribution is -1.97. The molecule has 278 valence electrons. The topological polar surface area (TPSA) is 9.86 Å². The van der Waals surface area contributed by atoms with Crippen molar-refractivity contribution < 1.29 is 0 Å². The molecule has 0 atom stereocenters. The molecule has 2 heteroatoms. The van der Waals surface area contributed by atoms with Crippen LogP contribution in [-0.4, -0.2) is 9.13 Å². The lowest BCUT2D eigenvalue weighted by molar-refractivity contribution is 1.18. The van der Waals surface area contributed by atoms with Crippen molar-refractivity contribution in [2.45, 2.75) is 0 Å². The number of fused-ring (bicyclic) bond motifs is 14. The van der Waals surface area contributed by atoms with Crippen molar-refractivity contribution in [3.8, 4) is 33.6 Å². The van der Waals surface area contributed by atoms with Crippen LogP contribution >= 0.6 is 0 Å². The van der Waals surface area contributed by atoms with E-state index in [-0.39, 0.29) is 0 Å². The number of benzene rings is 11. The van der Waals surface area contributed by atoms with Gasteiger partial charge in [-0.2, -0.15) is 0 Å². The zero-order chi connectivity index (χ0) is 39.3. The lowest BCUT2D eigenvalue weighted by atomic mass is 9.90. The Bertz CT molecular complexity index is 3870. The van der Waals surface area contributed by atoms with Crippen molar-refractivity contribution >= 4 is 86.7 Å². The SMILES string of the molecule is c1ccc(-c2ccc(-n3c4ccccc4c4cc(-c5ccc6c(c5)c5ccccc5n6-c5cc6c7ccccc7c7ccccc7c6c6ccccc56)ccc43)cc2)cc1. The number of rotatable bonds is 4. The van der Waals surface area contributed by atoms with E-state index >= 15 is 0 Å². The first-order valence-corrected chi connectivity index (χ1v) is 20.8. The largest absolute Gasteiger partial charge is 0.309 e. The van der Waals surface area contributed by atoms with Crippen LogP contribution in [0.2, 0.25) is 0 Å². The van der Waals surface area contributed by atoms with Crippen molar-refractivity contribution in [2.75, 3.05) is 0 Å². The number of para-hydroxylation sites is 2. The molecule has 0 N–H and O–H groups in total. The Hall–Kier alpha value is -7.94. The molecule has 2 nitrogen and oxygen atoms in total. The zero-order valence-corrected chi connectivity index (χ0v) is 32.7. The van der Waals surface area contributed by atoms with Gasteiger partial charge in [-0.25, -0.2) is 0 Å². The molecule has 0 saturated carbocycles. The van der Waals surface area contributed by atoms with Crippen LogP contribution in [0, 0.1) is 0 Å². The molecule has 0 aliphatic rings. The first-order chi connectivity index (χ1) is 29.8. The van der Waals surface area contributed by atoms with Crippen LogP contribution in [-0.2, 0) is 0 Å². The summed E-state index contributed by atoms with van der Waals surface area (Å²) in [4.78, 5) is 0. The minimum absolute atomic E-state index is 1.16. The van der Waals surface area contributed by atoms with Crippen molar-refractivity contribution in [3.05, 3.63) is 218 Å². The molecule has 0 bridgehead atoms. The van der Waals surface area contributed by atoms with E-state index in [1.807, 2.05) is 0 Å². The average Bonchev–Trinajstić information content (AvgIpc) is 3.83. The fraction of sp³-hybridized carbons (Fsp3) is 0. The number of hydrogen-bond acceptors (Lipinski definition) is 0. The third-order valence-corrected chi connectivity index (χ3v) is 12.9. The molecule has 11 aromatic carbocycles. The number of hydrogen-bond donors (Lipinski definition) is 0. The quantitative estimate of drug-likeness (QED) is 0.158. The van der Waals surface area contributed by atoms with Crippen LogP contribution in [0.3, 0.4) is 0 Å². The third kappa shape index (κ3) is 4.76. The van der Waals surface area contributed by atoms with Crippen molar-refractivity contribution in [2.24, 2.45) is 0 Å². The molecule has 13 rings (SSSR count). The van der Waals surface area contributed by atoms with E-state index in [9.17, 15) is 0 Å². The van der Waals surface area contributed by atoms with Crippen LogP contribution in [0.25, 0.3) is 120 Å². The Morgan fingerprint density at radius 2 is 0.617 bits per heavy atom. The van der Waals surface area contributed by atoms with E-state index < -0.39 is 0 Å². The standard InChI is InChI=1S/C58H36N2/c1-2-14-37(15-3-1)38-26-30-41(31-27-38)59-53-24-12-10-20-46(53)50-34-39(28-32-55(50)59)40-29-33-56-51(35-40)47-21-11-13-25-54(47)60(56)57-36-52-44-18-5-4-16-42(44)43-17-6-8-22-48(43)58(52)49-23-9-7-19-45(49)57/h1-36H. The minimum atomic E-state index is 1.16. The van der Waals surface area contributed by atoms with Gasteiger partial charge < -0.3 is 9.13 Å². The molecule has 0 fully saturated rings. The van der Waals surface area contributed by atoms with Crippen molar-refractivity contribution in [3.63, 3.8) is 0 Å². The van der Waals surface area contributed by atoms with Crippen LogP contribution in [0.1, 0.15) is 0 Å². The van der Waals surface area contributed by atoms with Crippen LogP contribution in [0.4, 0.5) is 0 Å². The highest BCUT2D eigenvalue weighted by molar-refractivity contribution is 6.32. The Labute approximate surface area is 346 Å². The molecule has 13 aromatic rings. The molecule has 0 saturated heterocycles. The minimum Gasteiger partial charge on any atom is -0.309 e. The summed E-state index contributed by atoms with van der Waals surface area (Å²) in [6, 6.07) is 80.5. The van der Waals surface area contributed by atoms with E-state index in [1.54, 1.807) is 0 Å². The van der Waals surface area contributed by atoms with Gasteiger partial charge in [0.25, 0.3) is 0 Å². The summed E-state index contributed by atoms with van der Waals surface area (Å²) in [5, 5.41) is 15.3. The molecule has 0 amide bonds. The second-order valence-corrected chi connectivity index (χ2v) is 16.0. The van der Waals surface area contributed by atoms with Gasteiger partial charge in [0.1, 0.15) is 0 Å². The van der Waals surface area contributed by atoms with Gasteiger partial charge >= 0.3 is 0 Å². The molecule has 2 heterocycles. The van der Waals surface area contributed by atoms with Crippen LogP contribution < -0.4 is 0 Å². The van der Waals surface area contributed by atoms with Gasteiger partial charge in [-0.1, -0.05) is 164 Å². The second kappa shape index (κ2) is 12.8. The average molecular weight is 761 g/mol. The summed E-state index contributed by atoms with van der Waals surface area (Å²) < 4.78 is 4.90. The monoisotopic (exact) mass is 760 g/mol. The smallest absolute Gasteiger partial charge is 0.0547 e. The van der Waals surface area contributed by atoms with E-state index in [0.717, 1.165) is 5.69 Å². The van der Waals surface area contributed by atoms with Crippen molar-refractivity contribution in [1.82, 2.24) is 9.13 Å². The maximum absolute atomic E-state index is 2.50. The Morgan fingerprint density at radius 3 is 1.23 bits per heavy atom. The van der Waals surface area contributed by atoms with E-state index in [0.29, 0.717) is 0 Å². The highest BCUT2D eigenvalue weighted by Crippen LogP contribution is 2.44. The maximum atomic E-state index is 2.50. The zero-order valence-electron chi connectivity index (χ0n) is 32.7. The van der Waals surface area contributed by atoms with Crippen LogP contribution in [0.15, 0.2) is 218 Å². The number of aromatic nitrogens is 2. The molecule has 60 heavy (non-hydrogen) atoms. The van der Waals surface area contributed by atoms with Gasteiger partial charge in [0.15, 0.2) is 0 Å². The Kier molecular flexibility index (Phi) is 7.05. The van der Waals surface area contributed by atoms with Gasteiger partial charge in [0, 0.05) is 32.6 Å². The Morgan fingerprint density at radius 1 is 0.217 bits per heavy atom. The molecule has 0 unspecified atom stereocenters. The highest BCUT2D eigenvalue weighted by Gasteiger charge is 2.20. The van der Waals surface area contributed by atoms with Crippen LogP contribution in [0.5, 0.6) is 0 Å². The number of nitrogens with zero attached hydrogens (tertiary/aromatic N) is 2. The highest BCUT2D eigenvalue weighted by atomic mass is 15.0.